The second-order valence-corrected chi connectivity index (χ2v) is 6.90. The molecule has 0 fully saturated rings. The normalized spacial score (nSPS) is 13.7. The molecule has 1 unspecified atom stereocenters. The summed E-state index contributed by atoms with van der Waals surface area (Å²) in [6.07, 6.45) is 4.62. The Kier molecular flexibility index (Phi) is 4.89. The second kappa shape index (κ2) is 5.75. The molecule has 0 aliphatic carbocycles. The number of pyridine rings is 1. The van der Waals surface area contributed by atoms with Gasteiger partial charge >= 0.3 is 0 Å². The summed E-state index contributed by atoms with van der Waals surface area (Å²) in [4.78, 5) is 3.94. The topological polar surface area (TPSA) is 67.3 Å². The number of aromatic nitrogens is 1. The first-order chi connectivity index (χ1) is 7.38. The van der Waals surface area contributed by atoms with Crippen LogP contribution in [0.1, 0.15) is 24.5 Å². The first-order valence-corrected chi connectivity index (χ1v) is 7.70. The van der Waals surface area contributed by atoms with Crippen molar-refractivity contribution in [1.29, 1.82) is 0 Å². The highest BCUT2D eigenvalue weighted by molar-refractivity contribution is 9.10. The van der Waals surface area contributed by atoms with Gasteiger partial charge in [-0.25, -0.2) is 8.42 Å². The number of aliphatic hydroxyl groups is 1. The lowest BCUT2D eigenvalue weighted by Crippen LogP contribution is -2.06. The predicted octanol–water partition coefficient (Wildman–Crippen LogP) is 1.70. The van der Waals surface area contributed by atoms with E-state index < -0.39 is 15.9 Å². The molecule has 1 N–H and O–H groups in total. The quantitative estimate of drug-likeness (QED) is 0.899. The van der Waals surface area contributed by atoms with E-state index in [1.807, 2.05) is 0 Å². The Labute approximate surface area is 104 Å². The van der Waals surface area contributed by atoms with E-state index >= 15 is 0 Å². The molecule has 1 aromatic heterocycles. The Morgan fingerprint density at radius 3 is 2.75 bits per heavy atom. The van der Waals surface area contributed by atoms with Gasteiger partial charge in [0.05, 0.1) is 6.10 Å². The Balaban J connectivity index is 2.50. The molecule has 1 atom stereocenters. The summed E-state index contributed by atoms with van der Waals surface area (Å²) in [5.41, 5.74) is 0.697. The molecule has 1 aromatic rings. The van der Waals surface area contributed by atoms with E-state index in [0.29, 0.717) is 18.4 Å². The highest BCUT2D eigenvalue weighted by Crippen LogP contribution is 2.20. The first kappa shape index (κ1) is 13.6. The SMILES string of the molecule is CS(=O)(=O)CCCC(O)c1cncc(Br)c1. The predicted molar refractivity (Wildman–Crippen MR) is 65.8 cm³/mol. The van der Waals surface area contributed by atoms with Gasteiger partial charge in [0.2, 0.25) is 0 Å². The van der Waals surface area contributed by atoms with E-state index in [9.17, 15) is 13.5 Å². The standard InChI is InChI=1S/C10H14BrNO3S/c1-16(14,15)4-2-3-10(13)8-5-9(11)7-12-6-8/h5-7,10,13H,2-4H2,1H3. The van der Waals surface area contributed by atoms with Gasteiger partial charge in [-0.3, -0.25) is 4.98 Å². The van der Waals surface area contributed by atoms with Crippen LogP contribution in [0.5, 0.6) is 0 Å². The number of hydrogen-bond acceptors (Lipinski definition) is 4. The van der Waals surface area contributed by atoms with Crippen LogP contribution >= 0.6 is 15.9 Å². The maximum absolute atomic E-state index is 10.9. The van der Waals surface area contributed by atoms with E-state index in [-0.39, 0.29) is 5.75 Å². The first-order valence-electron chi connectivity index (χ1n) is 4.85. The van der Waals surface area contributed by atoms with E-state index in [0.717, 1.165) is 4.47 Å². The van der Waals surface area contributed by atoms with Gasteiger partial charge in [-0.15, -0.1) is 0 Å². The molecule has 0 saturated carbocycles. The van der Waals surface area contributed by atoms with Gasteiger partial charge in [0.25, 0.3) is 0 Å². The number of nitrogens with zero attached hydrogens (tertiary/aromatic N) is 1. The Bertz CT molecular complexity index is 447. The highest BCUT2D eigenvalue weighted by atomic mass is 79.9. The smallest absolute Gasteiger partial charge is 0.147 e. The minimum absolute atomic E-state index is 0.103. The summed E-state index contributed by atoms with van der Waals surface area (Å²) >= 11 is 3.26. The van der Waals surface area contributed by atoms with Crippen molar-refractivity contribution in [3.8, 4) is 0 Å². The van der Waals surface area contributed by atoms with Crippen LogP contribution in [0.2, 0.25) is 0 Å². The van der Waals surface area contributed by atoms with Crippen molar-refractivity contribution in [1.82, 2.24) is 4.98 Å². The minimum atomic E-state index is -2.95. The third kappa shape index (κ3) is 5.05. The molecule has 4 nitrogen and oxygen atoms in total. The maximum Gasteiger partial charge on any atom is 0.147 e. The molecule has 1 rings (SSSR count). The summed E-state index contributed by atoms with van der Waals surface area (Å²) in [6, 6.07) is 1.78. The molecule has 1 heterocycles. The summed E-state index contributed by atoms with van der Waals surface area (Å²) in [6.45, 7) is 0. The molecular formula is C10H14BrNO3S. The van der Waals surface area contributed by atoms with Gasteiger partial charge in [-0.1, -0.05) is 0 Å². The van der Waals surface area contributed by atoms with Crippen LogP contribution in [0, 0.1) is 0 Å². The molecule has 16 heavy (non-hydrogen) atoms. The summed E-state index contributed by atoms with van der Waals surface area (Å²) < 4.78 is 22.6. The third-order valence-electron chi connectivity index (χ3n) is 2.10. The van der Waals surface area contributed by atoms with Crippen molar-refractivity contribution in [2.24, 2.45) is 0 Å². The Morgan fingerprint density at radius 2 is 2.19 bits per heavy atom. The second-order valence-electron chi connectivity index (χ2n) is 3.72. The van der Waals surface area contributed by atoms with E-state index in [1.54, 1.807) is 18.5 Å². The van der Waals surface area contributed by atoms with Crippen molar-refractivity contribution in [2.45, 2.75) is 18.9 Å². The molecule has 0 aromatic carbocycles. The number of rotatable bonds is 5. The number of hydrogen-bond donors (Lipinski definition) is 1. The van der Waals surface area contributed by atoms with Crippen LogP contribution in [0.15, 0.2) is 22.9 Å². The lowest BCUT2D eigenvalue weighted by Gasteiger charge is -2.10. The largest absolute Gasteiger partial charge is 0.388 e. The average Bonchev–Trinajstić information content (AvgIpc) is 2.15. The zero-order valence-corrected chi connectivity index (χ0v) is 11.3. The minimum Gasteiger partial charge on any atom is -0.388 e. The van der Waals surface area contributed by atoms with E-state index in [1.165, 1.54) is 6.26 Å². The Morgan fingerprint density at radius 1 is 1.50 bits per heavy atom. The molecule has 6 heteroatoms. The molecule has 0 radical (unpaired) electrons. The molecule has 0 aliphatic rings. The van der Waals surface area contributed by atoms with Gasteiger partial charge < -0.3 is 5.11 Å². The van der Waals surface area contributed by atoms with Crippen LogP contribution in [0.4, 0.5) is 0 Å². The summed E-state index contributed by atoms with van der Waals surface area (Å²) in [5.74, 6) is 0.103. The lowest BCUT2D eigenvalue weighted by atomic mass is 10.1. The fraction of sp³-hybridized carbons (Fsp3) is 0.500. The average molecular weight is 308 g/mol. The van der Waals surface area contributed by atoms with Crippen LogP contribution in [0.3, 0.4) is 0 Å². The van der Waals surface area contributed by atoms with Crippen LogP contribution in [-0.2, 0) is 9.84 Å². The van der Waals surface area contributed by atoms with Crippen molar-refractivity contribution < 1.29 is 13.5 Å². The number of halogens is 1. The van der Waals surface area contributed by atoms with Crippen molar-refractivity contribution in [3.63, 3.8) is 0 Å². The zero-order chi connectivity index (χ0) is 12.2. The molecule has 0 aliphatic heterocycles. The molecule has 0 bridgehead atoms. The lowest BCUT2D eigenvalue weighted by molar-refractivity contribution is 0.166. The fourth-order valence-electron chi connectivity index (χ4n) is 1.32. The van der Waals surface area contributed by atoms with Gasteiger partial charge in [0.15, 0.2) is 0 Å². The van der Waals surface area contributed by atoms with Crippen LogP contribution in [0.25, 0.3) is 0 Å². The summed E-state index contributed by atoms with van der Waals surface area (Å²) in [7, 11) is -2.95. The number of aliphatic hydroxyl groups excluding tert-OH is 1. The van der Waals surface area contributed by atoms with Crippen LogP contribution in [-0.4, -0.2) is 30.5 Å². The van der Waals surface area contributed by atoms with Gasteiger partial charge in [-0.2, -0.15) is 0 Å². The maximum atomic E-state index is 10.9. The molecule has 0 amide bonds. The van der Waals surface area contributed by atoms with Gasteiger partial charge in [0, 0.05) is 28.9 Å². The van der Waals surface area contributed by atoms with E-state index in [2.05, 4.69) is 20.9 Å². The zero-order valence-electron chi connectivity index (χ0n) is 8.93. The highest BCUT2D eigenvalue weighted by Gasteiger charge is 2.10. The van der Waals surface area contributed by atoms with Crippen molar-refractivity contribution >= 4 is 25.8 Å². The van der Waals surface area contributed by atoms with Gasteiger partial charge in [-0.05, 0) is 40.4 Å². The van der Waals surface area contributed by atoms with Crippen molar-refractivity contribution in [2.75, 3.05) is 12.0 Å². The van der Waals surface area contributed by atoms with E-state index in [4.69, 9.17) is 0 Å². The summed E-state index contributed by atoms with van der Waals surface area (Å²) in [5, 5.41) is 9.79. The molecule has 0 spiro atoms. The van der Waals surface area contributed by atoms with Crippen molar-refractivity contribution in [3.05, 3.63) is 28.5 Å². The third-order valence-corrected chi connectivity index (χ3v) is 3.57. The molecule has 0 saturated heterocycles. The fourth-order valence-corrected chi connectivity index (χ4v) is 2.39. The monoisotopic (exact) mass is 307 g/mol. The van der Waals surface area contributed by atoms with Gasteiger partial charge in [0.1, 0.15) is 9.84 Å². The Hall–Kier alpha value is -0.460. The van der Waals surface area contributed by atoms with Crippen LogP contribution < -0.4 is 0 Å². The number of sulfone groups is 1. The molecule has 90 valence electrons. The molecular weight excluding hydrogens is 294 g/mol.